The number of hydrogen-bond donors (Lipinski definition) is 0. The first kappa shape index (κ1) is 22.3. The van der Waals surface area contributed by atoms with E-state index in [1.807, 2.05) is 47.9 Å². The van der Waals surface area contributed by atoms with Gasteiger partial charge in [0.05, 0.1) is 10.7 Å². The number of carbonyl (C=O) groups is 1. The van der Waals surface area contributed by atoms with Crippen molar-refractivity contribution in [3.63, 3.8) is 0 Å². The molecule has 0 saturated carbocycles. The lowest BCUT2D eigenvalue weighted by atomic mass is 9.97. The number of likely N-dealkylation sites (tertiary alicyclic amines) is 1. The van der Waals surface area contributed by atoms with Gasteiger partial charge in [-0.25, -0.2) is 4.98 Å². The molecule has 0 radical (unpaired) electrons. The fourth-order valence-corrected chi connectivity index (χ4v) is 4.68. The first-order valence-corrected chi connectivity index (χ1v) is 11.3. The van der Waals surface area contributed by atoms with Crippen molar-refractivity contribution in [2.75, 3.05) is 13.1 Å². The Morgan fingerprint density at radius 1 is 1.19 bits per heavy atom. The van der Waals surface area contributed by atoms with Crippen LogP contribution in [-0.2, 0) is 17.5 Å². The third kappa shape index (κ3) is 5.27. The van der Waals surface area contributed by atoms with Crippen LogP contribution in [0.15, 0.2) is 41.8 Å². The number of aromatic nitrogens is 3. The second-order valence-corrected chi connectivity index (χ2v) is 8.73. The molecule has 1 saturated heterocycles. The molecule has 5 nitrogen and oxygen atoms in total. The van der Waals surface area contributed by atoms with Crippen molar-refractivity contribution in [3.8, 4) is 0 Å². The molecule has 0 aliphatic carbocycles. The standard InChI is InChI=1S/C23H23F3N4OS/c1-16-13-20(23(24,25)26)28-30(16)14-21(31)29-11-9-18(10-12-29)22-27-19(15-32-22)8-7-17-5-3-2-4-6-17/h2-8,13,15,18H,9-12,14H2,1H3/b8-7+. The second-order valence-electron chi connectivity index (χ2n) is 7.84. The van der Waals surface area contributed by atoms with Gasteiger partial charge in [0.25, 0.3) is 0 Å². The molecular weight excluding hydrogens is 437 g/mol. The summed E-state index contributed by atoms with van der Waals surface area (Å²) in [5.41, 5.74) is 1.38. The Hall–Kier alpha value is -2.94. The second kappa shape index (κ2) is 9.28. The molecule has 0 unspecified atom stereocenters. The first-order valence-electron chi connectivity index (χ1n) is 10.4. The Morgan fingerprint density at radius 3 is 2.56 bits per heavy atom. The van der Waals surface area contributed by atoms with Gasteiger partial charge in [-0.15, -0.1) is 11.3 Å². The third-order valence-corrected chi connectivity index (χ3v) is 6.56. The van der Waals surface area contributed by atoms with Crippen LogP contribution in [0.3, 0.4) is 0 Å². The normalized spacial score (nSPS) is 15.6. The predicted octanol–water partition coefficient (Wildman–Crippen LogP) is 5.24. The molecule has 4 rings (SSSR count). The van der Waals surface area contributed by atoms with E-state index in [9.17, 15) is 18.0 Å². The van der Waals surface area contributed by atoms with E-state index in [1.54, 1.807) is 16.2 Å². The Morgan fingerprint density at radius 2 is 1.91 bits per heavy atom. The van der Waals surface area contributed by atoms with Crippen LogP contribution < -0.4 is 0 Å². The number of thiazole rings is 1. The van der Waals surface area contributed by atoms with E-state index in [0.717, 1.165) is 39.9 Å². The largest absolute Gasteiger partial charge is 0.435 e. The maximum Gasteiger partial charge on any atom is 0.435 e. The molecule has 1 aromatic carbocycles. The van der Waals surface area contributed by atoms with Crippen LogP contribution in [0.25, 0.3) is 12.2 Å². The fraction of sp³-hybridized carbons (Fsp3) is 0.348. The number of hydrogen-bond acceptors (Lipinski definition) is 4. The molecule has 0 atom stereocenters. The van der Waals surface area contributed by atoms with E-state index in [4.69, 9.17) is 4.98 Å². The zero-order valence-electron chi connectivity index (χ0n) is 17.5. The highest BCUT2D eigenvalue weighted by atomic mass is 32.1. The van der Waals surface area contributed by atoms with Crippen LogP contribution in [0.4, 0.5) is 13.2 Å². The zero-order chi connectivity index (χ0) is 22.7. The monoisotopic (exact) mass is 460 g/mol. The number of aryl methyl sites for hydroxylation is 1. The predicted molar refractivity (Wildman–Crippen MR) is 118 cm³/mol. The van der Waals surface area contributed by atoms with Crippen LogP contribution in [0, 0.1) is 6.92 Å². The fourth-order valence-electron chi connectivity index (χ4n) is 3.72. The lowest BCUT2D eigenvalue weighted by Crippen LogP contribution is -2.40. The summed E-state index contributed by atoms with van der Waals surface area (Å²) >= 11 is 1.62. The average Bonchev–Trinajstić information content (AvgIpc) is 3.40. The first-order chi connectivity index (χ1) is 15.3. The van der Waals surface area contributed by atoms with Gasteiger partial charge in [-0.3, -0.25) is 9.48 Å². The molecule has 0 bridgehead atoms. The number of carbonyl (C=O) groups excluding carboxylic acids is 1. The zero-order valence-corrected chi connectivity index (χ0v) is 18.4. The maximum atomic E-state index is 12.8. The SMILES string of the molecule is Cc1cc(C(F)(F)F)nn1CC(=O)N1CCC(c2nc(/C=C/c3ccccc3)cs2)CC1. The molecule has 168 valence electrons. The molecular formula is C23H23F3N4OS. The van der Waals surface area contributed by atoms with Gasteiger partial charge in [-0.1, -0.05) is 36.4 Å². The van der Waals surface area contributed by atoms with E-state index in [0.29, 0.717) is 18.8 Å². The highest BCUT2D eigenvalue weighted by Gasteiger charge is 2.35. The topological polar surface area (TPSA) is 51.0 Å². The van der Waals surface area contributed by atoms with Gasteiger partial charge in [-0.05, 0) is 37.5 Å². The number of nitrogens with zero attached hydrogens (tertiary/aromatic N) is 4. The van der Waals surface area contributed by atoms with E-state index in [-0.39, 0.29) is 18.4 Å². The molecule has 1 aliphatic rings. The molecule has 3 heterocycles. The summed E-state index contributed by atoms with van der Waals surface area (Å²) in [6.45, 7) is 2.46. The van der Waals surface area contributed by atoms with Crippen LogP contribution in [-0.4, -0.2) is 38.7 Å². The smallest absolute Gasteiger partial charge is 0.341 e. The summed E-state index contributed by atoms with van der Waals surface area (Å²) in [6.07, 6.45) is 1.08. The van der Waals surface area contributed by atoms with Gasteiger partial charge < -0.3 is 4.90 Å². The van der Waals surface area contributed by atoms with E-state index >= 15 is 0 Å². The minimum atomic E-state index is -4.51. The molecule has 1 aliphatic heterocycles. The third-order valence-electron chi connectivity index (χ3n) is 5.54. The van der Waals surface area contributed by atoms with Gasteiger partial charge >= 0.3 is 6.18 Å². The van der Waals surface area contributed by atoms with Crippen molar-refractivity contribution < 1.29 is 18.0 Å². The van der Waals surface area contributed by atoms with Gasteiger partial charge in [0, 0.05) is 30.1 Å². The van der Waals surface area contributed by atoms with E-state index in [1.165, 1.54) is 6.92 Å². The molecule has 0 spiro atoms. The van der Waals surface area contributed by atoms with Crippen molar-refractivity contribution in [3.05, 3.63) is 69.4 Å². The number of amides is 1. The van der Waals surface area contributed by atoms with Crippen molar-refractivity contribution in [2.45, 2.75) is 38.4 Å². The highest BCUT2D eigenvalue weighted by molar-refractivity contribution is 7.09. The lowest BCUT2D eigenvalue weighted by molar-refractivity contribution is -0.142. The van der Waals surface area contributed by atoms with Crippen LogP contribution in [0.5, 0.6) is 0 Å². The van der Waals surface area contributed by atoms with Gasteiger partial charge in [0.15, 0.2) is 5.69 Å². The molecule has 3 aromatic rings. The Kier molecular flexibility index (Phi) is 6.45. The molecule has 32 heavy (non-hydrogen) atoms. The molecule has 1 fully saturated rings. The van der Waals surface area contributed by atoms with E-state index < -0.39 is 11.9 Å². The van der Waals surface area contributed by atoms with Gasteiger partial charge in [-0.2, -0.15) is 18.3 Å². The molecule has 1 amide bonds. The van der Waals surface area contributed by atoms with Crippen molar-refractivity contribution in [1.82, 2.24) is 19.7 Å². The summed E-state index contributed by atoms with van der Waals surface area (Å²) < 4.78 is 39.6. The van der Waals surface area contributed by atoms with E-state index in [2.05, 4.69) is 5.10 Å². The summed E-state index contributed by atoms with van der Waals surface area (Å²) in [6, 6.07) is 11.0. The molecule has 9 heteroatoms. The maximum absolute atomic E-state index is 12.8. The Bertz CT molecular complexity index is 1100. The summed E-state index contributed by atoms with van der Waals surface area (Å²) in [5, 5.41) is 6.64. The molecule has 2 aromatic heterocycles. The minimum absolute atomic E-state index is 0.182. The quantitative estimate of drug-likeness (QED) is 0.523. The highest BCUT2D eigenvalue weighted by Crippen LogP contribution is 2.31. The number of piperidine rings is 1. The van der Waals surface area contributed by atoms with Gasteiger partial charge in [0.2, 0.25) is 5.91 Å². The van der Waals surface area contributed by atoms with Crippen molar-refractivity contribution >= 4 is 29.4 Å². The molecule has 0 N–H and O–H groups in total. The number of halogens is 3. The summed E-state index contributed by atoms with van der Waals surface area (Å²) in [4.78, 5) is 19.0. The van der Waals surface area contributed by atoms with Crippen LogP contribution >= 0.6 is 11.3 Å². The summed E-state index contributed by atoms with van der Waals surface area (Å²) in [5.74, 6) is 0.0696. The minimum Gasteiger partial charge on any atom is -0.341 e. The van der Waals surface area contributed by atoms with Gasteiger partial charge in [0.1, 0.15) is 6.54 Å². The van der Waals surface area contributed by atoms with Crippen LogP contribution in [0.1, 0.15) is 46.4 Å². The van der Waals surface area contributed by atoms with Crippen LogP contribution in [0.2, 0.25) is 0 Å². The average molecular weight is 461 g/mol. The lowest BCUT2D eigenvalue weighted by Gasteiger charge is -2.31. The summed E-state index contributed by atoms with van der Waals surface area (Å²) in [7, 11) is 0. The van der Waals surface area contributed by atoms with Crippen molar-refractivity contribution in [1.29, 1.82) is 0 Å². The number of alkyl halides is 3. The van der Waals surface area contributed by atoms with Crippen molar-refractivity contribution in [2.24, 2.45) is 0 Å². The number of benzene rings is 1. The number of rotatable bonds is 5. The Labute approximate surface area is 188 Å². The Balaban J connectivity index is 1.32.